The van der Waals surface area contributed by atoms with Gasteiger partial charge in [0.2, 0.25) is 5.91 Å². The fourth-order valence-electron chi connectivity index (χ4n) is 2.45. The molecular formula is C15H22N4O2. The van der Waals surface area contributed by atoms with Crippen molar-refractivity contribution in [2.75, 3.05) is 52.1 Å². The predicted octanol–water partition coefficient (Wildman–Crippen LogP) is 0.232. The zero-order valence-electron chi connectivity index (χ0n) is 12.6. The third-order valence-electron chi connectivity index (χ3n) is 3.73. The van der Waals surface area contributed by atoms with E-state index in [0.717, 1.165) is 18.8 Å². The van der Waals surface area contributed by atoms with Crippen LogP contribution in [0.4, 0.5) is 5.69 Å². The number of amides is 2. The number of anilines is 1. The average Bonchev–Trinajstić information content (AvgIpc) is 2.54. The number of nitrogens with one attached hydrogen (secondary N) is 2. The molecule has 0 radical (unpaired) electrons. The summed E-state index contributed by atoms with van der Waals surface area (Å²) < 4.78 is 0. The first-order valence-electron chi connectivity index (χ1n) is 7.14. The third kappa shape index (κ3) is 3.72. The van der Waals surface area contributed by atoms with Gasteiger partial charge in [0.1, 0.15) is 0 Å². The van der Waals surface area contributed by atoms with Crippen LogP contribution in [0, 0.1) is 0 Å². The Hall–Kier alpha value is -2.08. The van der Waals surface area contributed by atoms with Gasteiger partial charge in [0.15, 0.2) is 0 Å². The number of piperazine rings is 1. The smallest absolute Gasteiger partial charge is 0.256 e. The van der Waals surface area contributed by atoms with Crippen molar-refractivity contribution in [1.29, 1.82) is 0 Å². The molecule has 2 rings (SSSR count). The summed E-state index contributed by atoms with van der Waals surface area (Å²) in [6.07, 6.45) is 0. The summed E-state index contributed by atoms with van der Waals surface area (Å²) in [7, 11) is 3.45. The second-order valence-corrected chi connectivity index (χ2v) is 5.04. The van der Waals surface area contributed by atoms with E-state index in [9.17, 15) is 9.59 Å². The normalized spacial score (nSPS) is 15.6. The van der Waals surface area contributed by atoms with Crippen LogP contribution in [0.3, 0.4) is 0 Å². The van der Waals surface area contributed by atoms with Gasteiger partial charge in [-0.1, -0.05) is 12.1 Å². The molecule has 0 aliphatic carbocycles. The number of carbonyl (C=O) groups excluding carboxylic acids is 2. The van der Waals surface area contributed by atoms with E-state index in [-0.39, 0.29) is 11.8 Å². The van der Waals surface area contributed by atoms with Crippen molar-refractivity contribution in [3.8, 4) is 0 Å². The standard InChI is InChI=1S/C15H22N4O2/c1-16-13-6-4-3-5-12(13)15(21)19-9-7-18(8-10-19)11-14(20)17-2/h3-6,16H,7-11H2,1-2H3,(H,17,20). The van der Waals surface area contributed by atoms with Crippen LogP contribution >= 0.6 is 0 Å². The van der Waals surface area contributed by atoms with Crippen LogP contribution < -0.4 is 10.6 Å². The summed E-state index contributed by atoms with van der Waals surface area (Å²) in [5.41, 5.74) is 1.54. The maximum absolute atomic E-state index is 12.6. The highest BCUT2D eigenvalue weighted by atomic mass is 16.2. The second-order valence-electron chi connectivity index (χ2n) is 5.04. The van der Waals surface area contributed by atoms with E-state index < -0.39 is 0 Å². The van der Waals surface area contributed by atoms with Crippen molar-refractivity contribution in [3.63, 3.8) is 0 Å². The first-order valence-corrected chi connectivity index (χ1v) is 7.14. The van der Waals surface area contributed by atoms with Gasteiger partial charge in [-0.15, -0.1) is 0 Å². The van der Waals surface area contributed by atoms with Gasteiger partial charge in [0.25, 0.3) is 5.91 Å². The molecule has 2 amide bonds. The van der Waals surface area contributed by atoms with Crippen molar-refractivity contribution < 1.29 is 9.59 Å². The number of carbonyl (C=O) groups is 2. The molecule has 6 heteroatoms. The van der Waals surface area contributed by atoms with Crippen molar-refractivity contribution in [3.05, 3.63) is 29.8 Å². The van der Waals surface area contributed by atoms with Gasteiger partial charge in [-0.2, -0.15) is 0 Å². The maximum Gasteiger partial charge on any atom is 0.256 e. The van der Waals surface area contributed by atoms with E-state index in [1.165, 1.54) is 0 Å². The lowest BCUT2D eigenvalue weighted by Crippen LogP contribution is -2.50. The Labute approximate surface area is 125 Å². The number of rotatable bonds is 4. The maximum atomic E-state index is 12.6. The molecule has 21 heavy (non-hydrogen) atoms. The van der Waals surface area contributed by atoms with Crippen LogP contribution in [0.1, 0.15) is 10.4 Å². The summed E-state index contributed by atoms with van der Waals surface area (Å²) in [6, 6.07) is 7.51. The first kappa shape index (κ1) is 15.3. The van der Waals surface area contributed by atoms with Gasteiger partial charge in [-0.3, -0.25) is 14.5 Å². The van der Waals surface area contributed by atoms with Crippen molar-refractivity contribution in [1.82, 2.24) is 15.1 Å². The lowest BCUT2D eigenvalue weighted by molar-refractivity contribution is -0.122. The summed E-state index contributed by atoms with van der Waals surface area (Å²) >= 11 is 0. The molecule has 2 N–H and O–H groups in total. The molecule has 1 aromatic carbocycles. The summed E-state index contributed by atoms with van der Waals surface area (Å²) in [6.45, 7) is 3.13. The van der Waals surface area contributed by atoms with Crippen molar-refractivity contribution in [2.24, 2.45) is 0 Å². The van der Waals surface area contributed by atoms with Gasteiger partial charge < -0.3 is 15.5 Å². The highest BCUT2D eigenvalue weighted by molar-refractivity contribution is 5.99. The molecule has 0 spiro atoms. The van der Waals surface area contributed by atoms with Gasteiger partial charge in [-0.05, 0) is 12.1 Å². The lowest BCUT2D eigenvalue weighted by Gasteiger charge is -2.34. The van der Waals surface area contributed by atoms with Gasteiger partial charge >= 0.3 is 0 Å². The van der Waals surface area contributed by atoms with Crippen LogP contribution in [0.2, 0.25) is 0 Å². The van der Waals surface area contributed by atoms with E-state index in [1.54, 1.807) is 7.05 Å². The molecule has 0 bridgehead atoms. The molecule has 1 aromatic rings. The molecule has 0 aromatic heterocycles. The molecule has 1 saturated heterocycles. The minimum absolute atomic E-state index is 0.00954. The van der Waals surface area contributed by atoms with Crippen LogP contribution in [-0.2, 0) is 4.79 Å². The molecule has 6 nitrogen and oxygen atoms in total. The Morgan fingerprint density at radius 3 is 2.38 bits per heavy atom. The van der Waals surface area contributed by atoms with E-state index in [4.69, 9.17) is 0 Å². The van der Waals surface area contributed by atoms with Crippen LogP contribution in [0.25, 0.3) is 0 Å². The molecule has 0 saturated carbocycles. The van der Waals surface area contributed by atoms with Crippen LogP contribution in [0.15, 0.2) is 24.3 Å². The minimum atomic E-state index is 0.00954. The molecule has 1 heterocycles. The van der Waals surface area contributed by atoms with Crippen LogP contribution in [0.5, 0.6) is 0 Å². The average molecular weight is 290 g/mol. The van der Waals surface area contributed by atoms with Gasteiger partial charge in [0.05, 0.1) is 12.1 Å². The largest absolute Gasteiger partial charge is 0.387 e. The number of hydrogen-bond acceptors (Lipinski definition) is 4. The Morgan fingerprint density at radius 1 is 1.10 bits per heavy atom. The summed E-state index contributed by atoms with van der Waals surface area (Å²) in [5.74, 6) is 0.0508. The quantitative estimate of drug-likeness (QED) is 0.833. The number of likely N-dealkylation sites (N-methyl/N-ethyl adjacent to an activating group) is 1. The molecular weight excluding hydrogens is 268 g/mol. The van der Waals surface area contributed by atoms with E-state index in [1.807, 2.05) is 36.2 Å². The Balaban J connectivity index is 1.95. The predicted molar refractivity (Wildman–Crippen MR) is 82.4 cm³/mol. The Kier molecular flexibility index (Phi) is 5.16. The number of hydrogen-bond donors (Lipinski definition) is 2. The zero-order valence-corrected chi connectivity index (χ0v) is 12.6. The number of benzene rings is 1. The van der Waals surface area contributed by atoms with E-state index in [2.05, 4.69) is 15.5 Å². The SMILES string of the molecule is CNC(=O)CN1CCN(C(=O)c2ccccc2NC)CC1. The van der Waals surface area contributed by atoms with Crippen LogP contribution in [-0.4, -0.2) is 68.4 Å². The monoisotopic (exact) mass is 290 g/mol. The number of para-hydroxylation sites is 1. The lowest BCUT2D eigenvalue weighted by atomic mass is 10.1. The summed E-state index contributed by atoms with van der Waals surface area (Å²) in [5, 5.41) is 5.66. The highest BCUT2D eigenvalue weighted by Crippen LogP contribution is 2.17. The van der Waals surface area contributed by atoms with Gasteiger partial charge in [0, 0.05) is 46.0 Å². The van der Waals surface area contributed by atoms with Crippen molar-refractivity contribution in [2.45, 2.75) is 0 Å². The highest BCUT2D eigenvalue weighted by Gasteiger charge is 2.24. The molecule has 0 atom stereocenters. The molecule has 0 unspecified atom stereocenters. The number of nitrogens with zero attached hydrogens (tertiary/aromatic N) is 2. The van der Waals surface area contributed by atoms with E-state index >= 15 is 0 Å². The van der Waals surface area contributed by atoms with Crippen molar-refractivity contribution >= 4 is 17.5 Å². The minimum Gasteiger partial charge on any atom is -0.387 e. The summed E-state index contributed by atoms with van der Waals surface area (Å²) in [4.78, 5) is 27.8. The van der Waals surface area contributed by atoms with E-state index in [0.29, 0.717) is 25.2 Å². The fraction of sp³-hybridized carbons (Fsp3) is 0.467. The molecule has 1 aliphatic heterocycles. The molecule has 1 aliphatic rings. The zero-order chi connectivity index (χ0) is 15.2. The molecule has 114 valence electrons. The first-order chi connectivity index (χ1) is 10.2. The van der Waals surface area contributed by atoms with Gasteiger partial charge in [-0.25, -0.2) is 0 Å². The Morgan fingerprint density at radius 2 is 1.76 bits per heavy atom. The second kappa shape index (κ2) is 7.08. The molecule has 1 fully saturated rings. The topological polar surface area (TPSA) is 64.7 Å². The Bertz CT molecular complexity index is 510. The third-order valence-corrected chi connectivity index (χ3v) is 3.73. The fourth-order valence-corrected chi connectivity index (χ4v) is 2.45.